The van der Waals surface area contributed by atoms with E-state index in [1.165, 1.54) is 0 Å². The van der Waals surface area contributed by atoms with E-state index in [0.29, 0.717) is 18.2 Å². The van der Waals surface area contributed by atoms with Crippen LogP contribution >= 0.6 is 11.6 Å². The lowest BCUT2D eigenvalue weighted by Crippen LogP contribution is -2.19. The lowest BCUT2D eigenvalue weighted by molar-refractivity contribution is -0.137. The fourth-order valence-corrected chi connectivity index (χ4v) is 2.57. The van der Waals surface area contributed by atoms with E-state index in [1.54, 1.807) is 0 Å². The Balaban J connectivity index is 2.10. The second kappa shape index (κ2) is 4.37. The zero-order valence-corrected chi connectivity index (χ0v) is 10.8. The highest BCUT2D eigenvalue weighted by atomic mass is 35.5. The molecule has 0 bridgehead atoms. The maximum atomic E-state index is 12.5. The quantitative estimate of drug-likeness (QED) is 0.880. The minimum atomic E-state index is -4.52. The van der Waals surface area contributed by atoms with Crippen LogP contribution in [0.2, 0.25) is 5.02 Å². The number of nitrogens with one attached hydrogen (secondary N) is 1. The van der Waals surface area contributed by atoms with E-state index in [4.69, 9.17) is 11.6 Å². The van der Waals surface area contributed by atoms with Crippen molar-refractivity contribution in [3.8, 4) is 5.82 Å². The van der Waals surface area contributed by atoms with Gasteiger partial charge in [0, 0.05) is 17.5 Å². The molecule has 0 radical (unpaired) electrons. The van der Waals surface area contributed by atoms with E-state index in [0.717, 1.165) is 29.3 Å². The lowest BCUT2D eigenvalue weighted by atomic mass is 10.2. The predicted molar refractivity (Wildman–Crippen MR) is 66.2 cm³/mol. The van der Waals surface area contributed by atoms with Crippen molar-refractivity contribution in [2.24, 2.45) is 0 Å². The first kappa shape index (κ1) is 13.2. The second-order valence-electron chi connectivity index (χ2n) is 4.59. The summed E-state index contributed by atoms with van der Waals surface area (Å²) in [5.74, 6) is -0.0148. The van der Waals surface area contributed by atoms with Crippen LogP contribution in [-0.2, 0) is 19.0 Å². The third kappa shape index (κ3) is 2.02. The number of alkyl halides is 3. The smallest absolute Gasteiger partial charge is 0.293 e. The Kier molecular flexibility index (Phi) is 2.89. The summed E-state index contributed by atoms with van der Waals surface area (Å²) in [6.07, 6.45) is -1.55. The molecule has 1 aliphatic rings. The van der Waals surface area contributed by atoms with Crippen molar-refractivity contribution in [2.75, 3.05) is 0 Å². The Hall–Kier alpha value is -1.76. The van der Waals surface area contributed by atoms with Gasteiger partial charge in [0.25, 0.3) is 5.56 Å². The van der Waals surface area contributed by atoms with Crippen LogP contribution in [0.15, 0.2) is 17.1 Å². The normalized spacial score (nSPS) is 14.6. The highest BCUT2D eigenvalue weighted by molar-refractivity contribution is 6.32. The summed E-state index contributed by atoms with van der Waals surface area (Å²) >= 11 is 5.82. The number of hydrogen-bond acceptors (Lipinski definition) is 2. The number of fused-ring (bicyclic) bond motifs is 1. The highest BCUT2D eigenvalue weighted by Gasteiger charge is 2.32. The number of aromatic nitrogens is 3. The summed E-state index contributed by atoms with van der Waals surface area (Å²) in [5.41, 5.74) is 0.209. The molecule has 2 aromatic rings. The van der Waals surface area contributed by atoms with Gasteiger partial charge in [-0.2, -0.15) is 17.9 Å². The maximum absolute atomic E-state index is 12.5. The molecule has 3 rings (SSSR count). The number of nitrogens with zero attached hydrogens (tertiary/aromatic N) is 2. The monoisotopic (exact) mass is 303 g/mol. The van der Waals surface area contributed by atoms with E-state index in [9.17, 15) is 18.0 Å². The molecule has 106 valence electrons. The van der Waals surface area contributed by atoms with Gasteiger partial charge in [0.1, 0.15) is 0 Å². The van der Waals surface area contributed by atoms with Crippen LogP contribution in [0, 0.1) is 0 Å². The fraction of sp³-hybridized carbons (Fsp3) is 0.333. The molecule has 0 fully saturated rings. The van der Waals surface area contributed by atoms with Gasteiger partial charge in [0.05, 0.1) is 10.6 Å². The van der Waals surface area contributed by atoms with Crippen molar-refractivity contribution >= 4 is 11.6 Å². The molecule has 0 aliphatic heterocycles. The van der Waals surface area contributed by atoms with E-state index < -0.39 is 11.7 Å². The van der Waals surface area contributed by atoms with Gasteiger partial charge in [-0.3, -0.25) is 9.89 Å². The van der Waals surface area contributed by atoms with Crippen molar-refractivity contribution in [1.29, 1.82) is 0 Å². The van der Waals surface area contributed by atoms with Gasteiger partial charge in [-0.15, -0.1) is 0 Å². The molecule has 0 unspecified atom stereocenters. The number of hydrogen-bond donors (Lipinski definition) is 1. The predicted octanol–water partition coefficient (Wildman–Crippen LogP) is 2.72. The van der Waals surface area contributed by atoms with Crippen molar-refractivity contribution < 1.29 is 13.2 Å². The summed E-state index contributed by atoms with van der Waals surface area (Å²) < 4.78 is 38.7. The molecule has 4 nitrogen and oxygen atoms in total. The molecule has 2 heterocycles. The molecule has 20 heavy (non-hydrogen) atoms. The fourth-order valence-electron chi connectivity index (χ4n) is 2.32. The summed E-state index contributed by atoms with van der Waals surface area (Å²) in [6.45, 7) is 0. The van der Waals surface area contributed by atoms with Crippen LogP contribution < -0.4 is 5.56 Å². The number of halogens is 4. The number of pyridine rings is 1. The summed E-state index contributed by atoms with van der Waals surface area (Å²) in [5, 5.41) is 2.63. The SMILES string of the molecule is O=c1c2c([nH]n1-c1ncc(C(F)(F)F)cc1Cl)CCC2. The van der Waals surface area contributed by atoms with E-state index >= 15 is 0 Å². The Bertz CT molecular complexity index is 733. The van der Waals surface area contributed by atoms with E-state index in [1.807, 2.05) is 0 Å². The average Bonchev–Trinajstić information content (AvgIpc) is 2.92. The zero-order valence-electron chi connectivity index (χ0n) is 10.1. The van der Waals surface area contributed by atoms with Gasteiger partial charge in [0.15, 0.2) is 5.82 Å². The molecule has 0 aromatic carbocycles. The van der Waals surface area contributed by atoms with Crippen LogP contribution in [0.5, 0.6) is 0 Å². The topological polar surface area (TPSA) is 50.7 Å². The van der Waals surface area contributed by atoms with Crippen LogP contribution in [0.3, 0.4) is 0 Å². The van der Waals surface area contributed by atoms with E-state index in [2.05, 4.69) is 10.1 Å². The van der Waals surface area contributed by atoms with Crippen LogP contribution in [0.25, 0.3) is 5.82 Å². The Morgan fingerprint density at radius 2 is 2.10 bits per heavy atom. The number of rotatable bonds is 1. The van der Waals surface area contributed by atoms with Crippen molar-refractivity contribution in [3.05, 3.63) is 44.5 Å². The molecule has 0 saturated heterocycles. The van der Waals surface area contributed by atoms with Gasteiger partial charge in [-0.1, -0.05) is 11.6 Å². The molecule has 0 amide bonds. The Morgan fingerprint density at radius 3 is 2.70 bits per heavy atom. The molecular formula is C12H9ClF3N3O. The highest BCUT2D eigenvalue weighted by Crippen LogP contribution is 2.31. The molecule has 8 heteroatoms. The molecule has 0 atom stereocenters. The summed E-state index contributed by atoms with van der Waals surface area (Å²) in [4.78, 5) is 15.8. The van der Waals surface area contributed by atoms with Gasteiger partial charge < -0.3 is 0 Å². The number of H-pyrrole nitrogens is 1. The van der Waals surface area contributed by atoms with Gasteiger partial charge in [-0.05, 0) is 25.3 Å². The van der Waals surface area contributed by atoms with Crippen LogP contribution in [0.1, 0.15) is 23.2 Å². The third-order valence-corrected chi connectivity index (χ3v) is 3.56. The van der Waals surface area contributed by atoms with Gasteiger partial charge in [0.2, 0.25) is 0 Å². The third-order valence-electron chi connectivity index (χ3n) is 3.29. The first-order chi connectivity index (χ1) is 9.38. The standard InChI is InChI=1S/C12H9ClF3N3O/c13-8-4-6(12(14,15)16)5-17-10(8)19-11(20)7-2-1-3-9(7)18-19/h4-5,18H,1-3H2. The summed E-state index contributed by atoms with van der Waals surface area (Å²) in [7, 11) is 0. The van der Waals surface area contributed by atoms with Crippen LogP contribution in [-0.4, -0.2) is 14.8 Å². The molecular weight excluding hydrogens is 295 g/mol. The van der Waals surface area contributed by atoms with Crippen molar-refractivity contribution in [2.45, 2.75) is 25.4 Å². The molecule has 1 N–H and O–H groups in total. The lowest BCUT2D eigenvalue weighted by Gasteiger charge is -2.09. The van der Waals surface area contributed by atoms with Gasteiger partial charge in [-0.25, -0.2) is 4.98 Å². The Labute approximate surface area is 116 Å². The molecule has 0 saturated carbocycles. The second-order valence-corrected chi connectivity index (χ2v) is 5.00. The van der Waals surface area contributed by atoms with Crippen LogP contribution in [0.4, 0.5) is 13.2 Å². The summed E-state index contributed by atoms with van der Waals surface area (Å²) in [6, 6.07) is 0.766. The van der Waals surface area contributed by atoms with E-state index in [-0.39, 0.29) is 16.4 Å². The minimum Gasteiger partial charge on any atom is -0.293 e. The average molecular weight is 304 g/mol. The molecule has 2 aromatic heterocycles. The molecule has 0 spiro atoms. The van der Waals surface area contributed by atoms with Crippen molar-refractivity contribution in [3.63, 3.8) is 0 Å². The maximum Gasteiger partial charge on any atom is 0.417 e. The minimum absolute atomic E-state index is 0.0148. The Morgan fingerprint density at radius 1 is 1.35 bits per heavy atom. The number of aromatic amines is 1. The van der Waals surface area contributed by atoms with Crippen molar-refractivity contribution in [1.82, 2.24) is 14.8 Å². The number of aryl methyl sites for hydroxylation is 1. The largest absolute Gasteiger partial charge is 0.417 e. The first-order valence-electron chi connectivity index (χ1n) is 5.94. The molecule has 1 aliphatic carbocycles. The zero-order chi connectivity index (χ0) is 14.5. The van der Waals surface area contributed by atoms with Gasteiger partial charge >= 0.3 is 6.18 Å². The first-order valence-corrected chi connectivity index (χ1v) is 6.31.